The molecule has 2 rings (SSSR count). The molecular formula is C17H22F3NO4. The van der Waals surface area contributed by atoms with E-state index in [0.717, 1.165) is 25.8 Å². The molecule has 1 heterocycles. The smallest absolute Gasteiger partial charge is 0.480 e. The molecule has 2 atom stereocenters. The van der Waals surface area contributed by atoms with E-state index < -0.39 is 18.1 Å². The summed E-state index contributed by atoms with van der Waals surface area (Å²) >= 11 is 0. The van der Waals surface area contributed by atoms with E-state index in [0.29, 0.717) is 0 Å². The van der Waals surface area contributed by atoms with Crippen molar-refractivity contribution in [2.45, 2.75) is 37.9 Å². The lowest BCUT2D eigenvalue weighted by molar-refractivity contribution is -0.192. The Morgan fingerprint density at radius 2 is 1.92 bits per heavy atom. The van der Waals surface area contributed by atoms with Crippen molar-refractivity contribution in [3.05, 3.63) is 37.0 Å². The molecule has 1 saturated heterocycles. The van der Waals surface area contributed by atoms with E-state index in [1.807, 2.05) is 12.2 Å². The molecule has 0 bridgehead atoms. The summed E-state index contributed by atoms with van der Waals surface area (Å²) in [4.78, 5) is 22.0. The van der Waals surface area contributed by atoms with Crippen molar-refractivity contribution < 1.29 is 33.0 Å². The maximum absolute atomic E-state index is 11.0. The van der Waals surface area contributed by atoms with Crippen LogP contribution in [0.25, 0.3) is 0 Å². The van der Waals surface area contributed by atoms with Gasteiger partial charge in [0.1, 0.15) is 0 Å². The van der Waals surface area contributed by atoms with Gasteiger partial charge in [-0.2, -0.15) is 13.2 Å². The highest BCUT2D eigenvalue weighted by atomic mass is 19.4. The van der Waals surface area contributed by atoms with Gasteiger partial charge >= 0.3 is 18.1 Å². The third kappa shape index (κ3) is 6.04. The summed E-state index contributed by atoms with van der Waals surface area (Å²) in [5.74, 6) is -3.50. The number of carbonyl (C=O) groups is 2. The predicted octanol–water partition coefficient (Wildman–Crippen LogP) is 3.25. The number of aliphatic carboxylic acids is 2. The molecule has 140 valence electrons. The Balaban J connectivity index is 0.000000381. The molecule has 5 nitrogen and oxygen atoms in total. The van der Waals surface area contributed by atoms with Crippen LogP contribution in [0, 0.1) is 5.41 Å². The number of hydrogen-bond acceptors (Lipinski definition) is 3. The SMILES string of the molecule is C=CC1(C2CCCCN2CC(=O)O)C=CC=CC1.O=C(O)C(F)(F)F. The van der Waals surface area contributed by atoms with E-state index in [4.69, 9.17) is 15.0 Å². The topological polar surface area (TPSA) is 77.8 Å². The van der Waals surface area contributed by atoms with Crippen LogP contribution in [-0.4, -0.2) is 52.4 Å². The highest BCUT2D eigenvalue weighted by molar-refractivity contribution is 5.73. The van der Waals surface area contributed by atoms with Crippen LogP contribution in [-0.2, 0) is 9.59 Å². The maximum Gasteiger partial charge on any atom is 0.490 e. The van der Waals surface area contributed by atoms with Crippen molar-refractivity contribution in [3.8, 4) is 0 Å². The number of allylic oxidation sites excluding steroid dienone is 3. The van der Waals surface area contributed by atoms with Crippen molar-refractivity contribution in [2.75, 3.05) is 13.1 Å². The zero-order valence-electron chi connectivity index (χ0n) is 13.7. The monoisotopic (exact) mass is 361 g/mol. The Kier molecular flexibility index (Phi) is 7.41. The van der Waals surface area contributed by atoms with Crippen LogP contribution < -0.4 is 0 Å². The maximum atomic E-state index is 11.0. The number of piperidine rings is 1. The molecule has 8 heteroatoms. The summed E-state index contributed by atoms with van der Waals surface area (Å²) in [6, 6.07) is 0.265. The molecular weight excluding hydrogens is 339 g/mol. The zero-order valence-corrected chi connectivity index (χ0v) is 13.7. The fourth-order valence-corrected chi connectivity index (χ4v) is 3.15. The van der Waals surface area contributed by atoms with Crippen LogP contribution in [0.1, 0.15) is 25.7 Å². The summed E-state index contributed by atoms with van der Waals surface area (Å²) in [7, 11) is 0. The van der Waals surface area contributed by atoms with Crippen LogP contribution in [0.4, 0.5) is 13.2 Å². The Bertz CT molecular complexity index is 557. The number of alkyl halides is 3. The molecule has 1 aliphatic heterocycles. The van der Waals surface area contributed by atoms with Crippen LogP contribution in [0.3, 0.4) is 0 Å². The molecule has 0 saturated carbocycles. The van der Waals surface area contributed by atoms with Gasteiger partial charge in [0.15, 0.2) is 0 Å². The summed E-state index contributed by atoms with van der Waals surface area (Å²) in [6.07, 6.45) is 9.60. The largest absolute Gasteiger partial charge is 0.490 e. The quantitative estimate of drug-likeness (QED) is 0.752. The normalized spacial score (nSPS) is 26.4. The zero-order chi connectivity index (χ0) is 19.1. The van der Waals surface area contributed by atoms with Gasteiger partial charge in [-0.15, -0.1) is 6.58 Å². The highest BCUT2D eigenvalue weighted by Crippen LogP contribution is 2.40. The fourth-order valence-electron chi connectivity index (χ4n) is 3.15. The number of rotatable bonds is 4. The third-order valence-corrected chi connectivity index (χ3v) is 4.32. The lowest BCUT2D eigenvalue weighted by Gasteiger charge is -2.45. The van der Waals surface area contributed by atoms with Crippen LogP contribution in [0.15, 0.2) is 37.0 Å². The first-order valence-corrected chi connectivity index (χ1v) is 7.86. The fraction of sp³-hybridized carbons (Fsp3) is 0.529. The molecule has 2 N–H and O–H groups in total. The highest BCUT2D eigenvalue weighted by Gasteiger charge is 2.39. The molecule has 2 unspecified atom stereocenters. The van der Waals surface area contributed by atoms with Crippen molar-refractivity contribution in [1.29, 1.82) is 0 Å². The van der Waals surface area contributed by atoms with Gasteiger partial charge in [0.2, 0.25) is 0 Å². The minimum absolute atomic E-state index is 0.0926. The molecule has 1 fully saturated rings. The van der Waals surface area contributed by atoms with E-state index in [9.17, 15) is 18.0 Å². The molecule has 0 amide bonds. The van der Waals surface area contributed by atoms with Gasteiger partial charge in [-0.3, -0.25) is 9.69 Å². The molecule has 25 heavy (non-hydrogen) atoms. The number of likely N-dealkylation sites (tertiary alicyclic amines) is 1. The van der Waals surface area contributed by atoms with E-state index in [-0.39, 0.29) is 18.0 Å². The van der Waals surface area contributed by atoms with Gasteiger partial charge in [-0.05, 0) is 25.8 Å². The summed E-state index contributed by atoms with van der Waals surface area (Å²) in [6.45, 7) is 5.00. The molecule has 0 spiro atoms. The molecule has 0 radical (unpaired) electrons. The first-order valence-electron chi connectivity index (χ1n) is 7.86. The molecule has 1 aliphatic carbocycles. The van der Waals surface area contributed by atoms with Crippen LogP contribution in [0.2, 0.25) is 0 Å². The minimum Gasteiger partial charge on any atom is -0.480 e. The van der Waals surface area contributed by atoms with Crippen LogP contribution in [0.5, 0.6) is 0 Å². The predicted molar refractivity (Wildman–Crippen MR) is 86.1 cm³/mol. The van der Waals surface area contributed by atoms with Gasteiger partial charge in [0, 0.05) is 11.5 Å². The number of nitrogens with zero attached hydrogens (tertiary/aromatic N) is 1. The van der Waals surface area contributed by atoms with Crippen molar-refractivity contribution in [2.24, 2.45) is 5.41 Å². The lowest BCUT2D eigenvalue weighted by atomic mass is 9.71. The van der Waals surface area contributed by atoms with Crippen molar-refractivity contribution in [1.82, 2.24) is 4.90 Å². The van der Waals surface area contributed by atoms with Gasteiger partial charge in [-0.1, -0.05) is 36.8 Å². The standard InChI is InChI=1S/C15H21NO2.C2HF3O2/c1-2-15(9-5-3-6-10-15)13-8-4-7-11-16(13)12-14(17)18;3-2(4,5)1(6)7/h2-3,5-6,9,13H,1,4,7-8,10-12H2,(H,17,18);(H,6,7). The third-order valence-electron chi connectivity index (χ3n) is 4.32. The van der Waals surface area contributed by atoms with Crippen molar-refractivity contribution in [3.63, 3.8) is 0 Å². The van der Waals surface area contributed by atoms with E-state index in [2.05, 4.69) is 29.7 Å². The first-order chi connectivity index (χ1) is 11.6. The van der Waals surface area contributed by atoms with Gasteiger partial charge in [0.05, 0.1) is 6.54 Å². The number of hydrogen-bond donors (Lipinski definition) is 2. The van der Waals surface area contributed by atoms with E-state index in [1.165, 1.54) is 6.42 Å². The summed E-state index contributed by atoms with van der Waals surface area (Å²) in [5.41, 5.74) is -0.0926. The van der Waals surface area contributed by atoms with Gasteiger partial charge in [-0.25, -0.2) is 4.79 Å². The second-order valence-corrected chi connectivity index (χ2v) is 5.99. The van der Waals surface area contributed by atoms with E-state index in [1.54, 1.807) is 0 Å². The van der Waals surface area contributed by atoms with E-state index >= 15 is 0 Å². The second-order valence-electron chi connectivity index (χ2n) is 5.99. The summed E-state index contributed by atoms with van der Waals surface area (Å²) < 4.78 is 31.7. The average Bonchev–Trinajstić information content (AvgIpc) is 2.55. The number of halogens is 3. The molecule has 0 aromatic heterocycles. The molecule has 0 aromatic rings. The number of carboxylic acids is 2. The molecule has 2 aliphatic rings. The van der Waals surface area contributed by atoms with Crippen molar-refractivity contribution >= 4 is 11.9 Å². The van der Waals surface area contributed by atoms with Gasteiger partial charge in [0.25, 0.3) is 0 Å². The Morgan fingerprint density at radius 1 is 1.28 bits per heavy atom. The van der Waals surface area contributed by atoms with Gasteiger partial charge < -0.3 is 10.2 Å². The second kappa shape index (κ2) is 8.84. The Hall–Kier alpha value is -2.09. The number of carboxylic acid groups (broad SMARTS) is 2. The average molecular weight is 361 g/mol. The molecule has 0 aromatic carbocycles. The van der Waals surface area contributed by atoms with Crippen LogP contribution >= 0.6 is 0 Å². The first kappa shape index (κ1) is 21.0. The Morgan fingerprint density at radius 3 is 2.36 bits per heavy atom. The lowest BCUT2D eigenvalue weighted by Crippen LogP contribution is -2.50. The Labute approximate surface area is 144 Å². The minimum atomic E-state index is -5.08. The summed E-state index contributed by atoms with van der Waals surface area (Å²) in [5, 5.41) is 16.2.